The Morgan fingerprint density at radius 2 is 1.86 bits per heavy atom. The largest absolute Gasteiger partial charge is 0.458 e. The zero-order valence-corrected chi connectivity index (χ0v) is 12.5. The first-order valence-corrected chi connectivity index (χ1v) is 7.85. The summed E-state index contributed by atoms with van der Waals surface area (Å²) in [5, 5.41) is 0. The maximum atomic E-state index is 6.02. The highest BCUT2D eigenvalue weighted by atomic mass is 16.5. The standard InChI is InChI=1S/C17H20N4O/c18-15-3-1-2-13(8-15)14-9-19-17(20-10-14)22-16-11-21-6-4-12(16)5-7-21/h1-3,8-10,12,16H,4-7,11,18H2/t16-/m0/s1. The molecule has 3 aliphatic rings. The van der Waals surface area contributed by atoms with Crippen LogP contribution in [-0.2, 0) is 0 Å². The average molecular weight is 296 g/mol. The minimum absolute atomic E-state index is 0.237. The van der Waals surface area contributed by atoms with Gasteiger partial charge in [-0.05, 0) is 49.5 Å². The Kier molecular flexibility index (Phi) is 3.42. The van der Waals surface area contributed by atoms with Crippen LogP contribution in [0.5, 0.6) is 6.01 Å². The van der Waals surface area contributed by atoms with Gasteiger partial charge >= 0.3 is 6.01 Å². The van der Waals surface area contributed by atoms with Gasteiger partial charge in [-0.1, -0.05) is 12.1 Å². The maximum Gasteiger partial charge on any atom is 0.316 e. The molecular weight excluding hydrogens is 276 g/mol. The van der Waals surface area contributed by atoms with E-state index in [-0.39, 0.29) is 6.10 Å². The lowest BCUT2D eigenvalue weighted by Gasteiger charge is -2.43. The van der Waals surface area contributed by atoms with Crippen LogP contribution >= 0.6 is 0 Å². The van der Waals surface area contributed by atoms with Crippen LogP contribution in [0.3, 0.4) is 0 Å². The molecule has 0 aliphatic carbocycles. The predicted octanol–water partition coefficient (Wildman–Crippen LogP) is 2.20. The van der Waals surface area contributed by atoms with Gasteiger partial charge in [0.1, 0.15) is 6.10 Å². The first-order valence-electron chi connectivity index (χ1n) is 7.85. The predicted molar refractivity (Wildman–Crippen MR) is 85.5 cm³/mol. The van der Waals surface area contributed by atoms with E-state index in [0.717, 1.165) is 23.4 Å². The molecular formula is C17H20N4O. The van der Waals surface area contributed by atoms with Crippen molar-refractivity contribution in [3.8, 4) is 17.1 Å². The summed E-state index contributed by atoms with van der Waals surface area (Å²) in [6.07, 6.45) is 6.30. The van der Waals surface area contributed by atoms with Gasteiger partial charge in [-0.2, -0.15) is 0 Å². The molecule has 3 aliphatic heterocycles. The van der Waals surface area contributed by atoms with E-state index in [0.29, 0.717) is 11.9 Å². The van der Waals surface area contributed by atoms with Gasteiger partial charge in [0.25, 0.3) is 0 Å². The third-order valence-corrected chi connectivity index (χ3v) is 4.70. The van der Waals surface area contributed by atoms with Crippen molar-refractivity contribution in [1.29, 1.82) is 0 Å². The summed E-state index contributed by atoms with van der Waals surface area (Å²) in [5.74, 6) is 0.655. The molecule has 0 amide bonds. The van der Waals surface area contributed by atoms with Crippen LogP contribution < -0.4 is 10.5 Å². The van der Waals surface area contributed by atoms with Gasteiger partial charge < -0.3 is 10.5 Å². The Hall–Kier alpha value is -2.14. The van der Waals surface area contributed by atoms with Crippen LogP contribution in [0.25, 0.3) is 11.1 Å². The van der Waals surface area contributed by atoms with Gasteiger partial charge in [-0.15, -0.1) is 0 Å². The maximum absolute atomic E-state index is 6.02. The van der Waals surface area contributed by atoms with Crippen LogP contribution in [0.4, 0.5) is 5.69 Å². The van der Waals surface area contributed by atoms with E-state index in [1.54, 1.807) is 12.4 Å². The summed E-state index contributed by atoms with van der Waals surface area (Å²) in [4.78, 5) is 11.2. The number of anilines is 1. The third kappa shape index (κ3) is 2.64. The van der Waals surface area contributed by atoms with E-state index >= 15 is 0 Å². The van der Waals surface area contributed by atoms with Crippen molar-refractivity contribution in [2.45, 2.75) is 18.9 Å². The highest BCUT2D eigenvalue weighted by molar-refractivity contribution is 5.65. The van der Waals surface area contributed by atoms with Crippen molar-refractivity contribution < 1.29 is 4.74 Å². The van der Waals surface area contributed by atoms with E-state index in [9.17, 15) is 0 Å². The summed E-state index contributed by atoms with van der Waals surface area (Å²) in [5.41, 5.74) is 8.53. The number of nitrogens with zero attached hydrogens (tertiary/aromatic N) is 3. The first-order chi connectivity index (χ1) is 10.8. The summed E-state index contributed by atoms with van der Waals surface area (Å²) < 4.78 is 6.02. The van der Waals surface area contributed by atoms with Gasteiger partial charge in [-0.25, -0.2) is 9.97 Å². The second-order valence-corrected chi connectivity index (χ2v) is 6.17. The molecule has 114 valence electrons. The molecule has 5 rings (SSSR count). The lowest BCUT2D eigenvalue weighted by Crippen LogP contribution is -2.52. The van der Waals surface area contributed by atoms with Crippen LogP contribution in [0.15, 0.2) is 36.7 Å². The highest BCUT2D eigenvalue weighted by Crippen LogP contribution is 2.30. The summed E-state index contributed by atoms with van der Waals surface area (Å²) in [7, 11) is 0. The molecule has 3 fully saturated rings. The number of nitrogens with two attached hydrogens (primary N) is 1. The Bertz CT molecular complexity index is 650. The van der Waals surface area contributed by atoms with Gasteiger partial charge in [0.2, 0.25) is 0 Å². The van der Waals surface area contributed by atoms with Crippen molar-refractivity contribution in [2.24, 2.45) is 5.92 Å². The lowest BCUT2D eigenvalue weighted by molar-refractivity contribution is -0.0123. The molecule has 1 aromatic heterocycles. The van der Waals surface area contributed by atoms with E-state index in [4.69, 9.17) is 10.5 Å². The smallest absolute Gasteiger partial charge is 0.316 e. The number of nitrogen functional groups attached to an aromatic ring is 1. The topological polar surface area (TPSA) is 64.3 Å². The van der Waals surface area contributed by atoms with Gasteiger partial charge in [0.05, 0.1) is 0 Å². The van der Waals surface area contributed by atoms with E-state index in [1.165, 1.54) is 25.9 Å². The Labute approximate surface area is 130 Å². The molecule has 0 unspecified atom stereocenters. The summed E-state index contributed by atoms with van der Waals surface area (Å²) in [6.45, 7) is 3.42. The zero-order valence-electron chi connectivity index (χ0n) is 12.5. The van der Waals surface area contributed by atoms with Crippen molar-refractivity contribution in [3.63, 3.8) is 0 Å². The molecule has 0 saturated carbocycles. The summed E-state index contributed by atoms with van der Waals surface area (Å²) >= 11 is 0. The molecule has 22 heavy (non-hydrogen) atoms. The Morgan fingerprint density at radius 1 is 1.09 bits per heavy atom. The van der Waals surface area contributed by atoms with Crippen LogP contribution in [0, 0.1) is 5.92 Å². The number of hydrogen-bond acceptors (Lipinski definition) is 5. The number of rotatable bonds is 3. The molecule has 4 heterocycles. The second-order valence-electron chi connectivity index (χ2n) is 6.17. The SMILES string of the molecule is Nc1cccc(-c2cnc(O[C@H]3CN4CCC3CC4)nc2)c1. The third-order valence-electron chi connectivity index (χ3n) is 4.70. The number of benzene rings is 1. The van der Waals surface area contributed by atoms with Crippen molar-refractivity contribution in [3.05, 3.63) is 36.7 Å². The molecule has 2 bridgehead atoms. The number of piperidine rings is 3. The number of aromatic nitrogens is 2. The second kappa shape index (κ2) is 5.57. The quantitative estimate of drug-likeness (QED) is 0.880. The van der Waals surface area contributed by atoms with Crippen LogP contribution in [0.2, 0.25) is 0 Å². The molecule has 1 atom stereocenters. The molecule has 1 aromatic carbocycles. The van der Waals surface area contributed by atoms with E-state index < -0.39 is 0 Å². The Morgan fingerprint density at radius 3 is 2.50 bits per heavy atom. The molecule has 0 spiro atoms. The minimum Gasteiger partial charge on any atom is -0.458 e. The minimum atomic E-state index is 0.237. The number of hydrogen-bond donors (Lipinski definition) is 1. The fourth-order valence-electron chi connectivity index (χ4n) is 3.42. The highest BCUT2D eigenvalue weighted by Gasteiger charge is 2.35. The van der Waals surface area contributed by atoms with E-state index in [2.05, 4.69) is 14.9 Å². The van der Waals surface area contributed by atoms with Crippen molar-refractivity contribution >= 4 is 5.69 Å². The van der Waals surface area contributed by atoms with Gasteiger partial charge in [0.15, 0.2) is 0 Å². The normalized spacial score (nSPS) is 26.8. The molecule has 0 radical (unpaired) electrons. The summed E-state index contributed by atoms with van der Waals surface area (Å²) in [6, 6.07) is 8.21. The van der Waals surface area contributed by atoms with Crippen LogP contribution in [-0.4, -0.2) is 40.6 Å². The molecule has 5 heteroatoms. The van der Waals surface area contributed by atoms with Crippen molar-refractivity contribution in [2.75, 3.05) is 25.4 Å². The molecule has 2 aromatic rings. The average Bonchev–Trinajstić information content (AvgIpc) is 2.57. The van der Waals surface area contributed by atoms with Crippen molar-refractivity contribution in [1.82, 2.24) is 14.9 Å². The number of fused-ring (bicyclic) bond motifs is 3. The zero-order chi connectivity index (χ0) is 14.9. The molecule has 5 nitrogen and oxygen atoms in total. The van der Waals surface area contributed by atoms with Crippen LogP contribution in [0.1, 0.15) is 12.8 Å². The molecule has 2 N–H and O–H groups in total. The lowest BCUT2D eigenvalue weighted by atomic mass is 9.86. The Balaban J connectivity index is 1.48. The monoisotopic (exact) mass is 296 g/mol. The van der Waals surface area contributed by atoms with E-state index in [1.807, 2.05) is 24.3 Å². The molecule has 3 saturated heterocycles. The fraction of sp³-hybridized carbons (Fsp3) is 0.412. The van der Waals surface area contributed by atoms with Gasteiger partial charge in [-0.3, -0.25) is 4.90 Å². The van der Waals surface area contributed by atoms with Gasteiger partial charge in [0, 0.05) is 30.2 Å². The number of ether oxygens (including phenoxy) is 1. The fourth-order valence-corrected chi connectivity index (χ4v) is 3.42. The first kappa shape index (κ1) is 13.5.